The van der Waals surface area contributed by atoms with Crippen LogP contribution in [0, 0.1) is 10.1 Å². The Morgan fingerprint density at radius 1 is 1.37 bits per heavy atom. The van der Waals surface area contributed by atoms with E-state index < -0.39 is 4.92 Å². The third-order valence-corrected chi connectivity index (χ3v) is 3.53. The smallest absolute Gasteiger partial charge is 0.288 e. The van der Waals surface area contributed by atoms with E-state index in [-0.39, 0.29) is 22.1 Å². The van der Waals surface area contributed by atoms with Gasteiger partial charge in [0.15, 0.2) is 5.78 Å². The van der Waals surface area contributed by atoms with Crippen molar-refractivity contribution in [3.05, 3.63) is 67.4 Å². The van der Waals surface area contributed by atoms with Crippen molar-refractivity contribution in [2.24, 2.45) is 0 Å². The molecule has 96 valence electrons. The number of nitro benzene ring substituents is 1. The maximum atomic E-state index is 11.9. The van der Waals surface area contributed by atoms with E-state index in [1.165, 1.54) is 35.6 Å². The highest BCUT2D eigenvalue weighted by Crippen LogP contribution is 2.25. The fourth-order valence-electron chi connectivity index (χ4n) is 1.45. The van der Waals surface area contributed by atoms with E-state index in [4.69, 9.17) is 11.6 Å². The molecule has 0 aliphatic rings. The van der Waals surface area contributed by atoms with Gasteiger partial charge in [-0.05, 0) is 35.7 Å². The normalized spacial score (nSPS) is 10.8. The lowest BCUT2D eigenvalue weighted by atomic mass is 10.1. The van der Waals surface area contributed by atoms with Gasteiger partial charge in [-0.1, -0.05) is 17.7 Å². The molecule has 0 saturated carbocycles. The van der Waals surface area contributed by atoms with Gasteiger partial charge < -0.3 is 0 Å². The molecule has 2 rings (SSSR count). The first-order valence-corrected chi connectivity index (χ1v) is 6.53. The molecular formula is C13H8ClNO3S. The third kappa shape index (κ3) is 3.27. The summed E-state index contributed by atoms with van der Waals surface area (Å²) >= 11 is 7.19. The molecule has 1 heterocycles. The second-order valence-electron chi connectivity index (χ2n) is 3.64. The number of thiophene rings is 1. The Balaban J connectivity index is 2.24. The van der Waals surface area contributed by atoms with Crippen LogP contribution in [0.3, 0.4) is 0 Å². The molecule has 0 fully saturated rings. The molecule has 1 aromatic heterocycles. The minimum absolute atomic E-state index is 0.0174. The number of nitro groups is 1. The summed E-state index contributed by atoms with van der Waals surface area (Å²) in [6.07, 6.45) is 3.06. The summed E-state index contributed by atoms with van der Waals surface area (Å²) in [6.45, 7) is 0. The van der Waals surface area contributed by atoms with Gasteiger partial charge >= 0.3 is 0 Å². The Morgan fingerprint density at radius 2 is 2.16 bits per heavy atom. The van der Waals surface area contributed by atoms with Crippen LogP contribution in [0.2, 0.25) is 5.02 Å². The number of benzene rings is 1. The van der Waals surface area contributed by atoms with Gasteiger partial charge in [-0.15, -0.1) is 11.3 Å². The third-order valence-electron chi connectivity index (χ3n) is 2.37. The zero-order valence-corrected chi connectivity index (χ0v) is 11.1. The topological polar surface area (TPSA) is 60.2 Å². The minimum atomic E-state index is -0.609. The summed E-state index contributed by atoms with van der Waals surface area (Å²) in [7, 11) is 0. The largest absolute Gasteiger partial charge is 0.289 e. The van der Waals surface area contributed by atoms with Crippen LogP contribution < -0.4 is 0 Å². The van der Waals surface area contributed by atoms with Gasteiger partial charge in [0.1, 0.15) is 5.02 Å². The van der Waals surface area contributed by atoms with E-state index in [1.54, 1.807) is 6.08 Å². The molecule has 0 spiro atoms. The van der Waals surface area contributed by atoms with Crippen LogP contribution in [0.5, 0.6) is 0 Å². The van der Waals surface area contributed by atoms with Crippen LogP contribution in [0.15, 0.2) is 41.8 Å². The standard InChI is InChI=1S/C13H8ClNO3S/c14-11-5-3-9(8-12(11)15(17)18)13(16)6-4-10-2-1-7-19-10/h1-8H/b6-4+. The fourth-order valence-corrected chi connectivity index (χ4v) is 2.25. The van der Waals surface area contributed by atoms with E-state index in [2.05, 4.69) is 0 Å². The average Bonchev–Trinajstić information content (AvgIpc) is 2.89. The Bertz CT molecular complexity index is 650. The lowest BCUT2D eigenvalue weighted by Crippen LogP contribution is -1.97. The summed E-state index contributed by atoms with van der Waals surface area (Å²) in [5, 5.41) is 12.7. The molecule has 0 aliphatic heterocycles. The van der Waals surface area contributed by atoms with E-state index in [0.717, 1.165) is 4.88 Å². The van der Waals surface area contributed by atoms with Crippen molar-refractivity contribution in [2.45, 2.75) is 0 Å². The number of nitrogens with zero attached hydrogens (tertiary/aromatic N) is 1. The first kappa shape index (κ1) is 13.5. The van der Waals surface area contributed by atoms with E-state index in [1.807, 2.05) is 17.5 Å². The molecule has 6 heteroatoms. The Kier molecular flexibility index (Phi) is 4.09. The predicted octanol–water partition coefficient (Wildman–Crippen LogP) is 4.21. The van der Waals surface area contributed by atoms with Crippen molar-refractivity contribution in [2.75, 3.05) is 0 Å². The highest BCUT2D eigenvalue weighted by atomic mass is 35.5. The quantitative estimate of drug-likeness (QED) is 0.367. The van der Waals surface area contributed by atoms with Crippen LogP contribution in [0.25, 0.3) is 6.08 Å². The van der Waals surface area contributed by atoms with Crippen molar-refractivity contribution in [3.63, 3.8) is 0 Å². The monoisotopic (exact) mass is 293 g/mol. The van der Waals surface area contributed by atoms with Gasteiger partial charge in [0, 0.05) is 16.5 Å². The van der Waals surface area contributed by atoms with Gasteiger partial charge in [-0.2, -0.15) is 0 Å². The Hall–Kier alpha value is -1.98. The zero-order valence-electron chi connectivity index (χ0n) is 9.58. The van der Waals surface area contributed by atoms with Gasteiger partial charge in [0.25, 0.3) is 5.69 Å². The summed E-state index contributed by atoms with van der Waals surface area (Å²) in [5.41, 5.74) is -0.0269. The van der Waals surface area contributed by atoms with Gasteiger partial charge in [-0.3, -0.25) is 14.9 Å². The molecule has 0 aliphatic carbocycles. The summed E-state index contributed by atoms with van der Waals surface area (Å²) < 4.78 is 0. The van der Waals surface area contributed by atoms with Crippen LogP contribution in [-0.2, 0) is 0 Å². The summed E-state index contributed by atoms with van der Waals surface area (Å²) in [4.78, 5) is 22.9. The molecule has 0 amide bonds. The number of hydrogen-bond acceptors (Lipinski definition) is 4. The number of hydrogen-bond donors (Lipinski definition) is 0. The molecule has 0 bridgehead atoms. The molecular weight excluding hydrogens is 286 g/mol. The first-order valence-electron chi connectivity index (χ1n) is 5.28. The van der Waals surface area contributed by atoms with Crippen LogP contribution >= 0.6 is 22.9 Å². The molecule has 0 atom stereocenters. The van der Waals surface area contributed by atoms with Crippen molar-refractivity contribution in [1.82, 2.24) is 0 Å². The minimum Gasteiger partial charge on any atom is -0.289 e. The summed E-state index contributed by atoms with van der Waals surface area (Å²) in [6, 6.07) is 7.76. The molecule has 2 aromatic rings. The molecule has 0 unspecified atom stereocenters. The van der Waals surface area contributed by atoms with E-state index in [0.29, 0.717) is 0 Å². The molecule has 0 N–H and O–H groups in total. The van der Waals surface area contributed by atoms with E-state index >= 15 is 0 Å². The van der Waals surface area contributed by atoms with Crippen LogP contribution in [0.1, 0.15) is 15.2 Å². The lowest BCUT2D eigenvalue weighted by Gasteiger charge is -1.98. The number of allylic oxidation sites excluding steroid dienone is 1. The number of halogens is 1. The van der Waals surface area contributed by atoms with E-state index in [9.17, 15) is 14.9 Å². The molecule has 0 radical (unpaired) electrons. The molecule has 19 heavy (non-hydrogen) atoms. The van der Waals surface area contributed by atoms with Crippen molar-refractivity contribution < 1.29 is 9.72 Å². The van der Waals surface area contributed by atoms with Crippen molar-refractivity contribution in [1.29, 1.82) is 0 Å². The van der Waals surface area contributed by atoms with Gasteiger partial charge in [-0.25, -0.2) is 0 Å². The average molecular weight is 294 g/mol. The highest BCUT2D eigenvalue weighted by Gasteiger charge is 2.14. The second kappa shape index (κ2) is 5.77. The fraction of sp³-hybridized carbons (Fsp3) is 0. The van der Waals surface area contributed by atoms with Crippen molar-refractivity contribution >= 4 is 40.5 Å². The van der Waals surface area contributed by atoms with Crippen molar-refractivity contribution in [3.8, 4) is 0 Å². The second-order valence-corrected chi connectivity index (χ2v) is 5.02. The number of rotatable bonds is 4. The number of carbonyl (C=O) groups excluding carboxylic acids is 1. The SMILES string of the molecule is O=C(/C=C/c1cccs1)c1ccc(Cl)c([N+](=O)[O-])c1. The summed E-state index contributed by atoms with van der Waals surface area (Å²) in [5.74, 6) is -0.298. The molecule has 4 nitrogen and oxygen atoms in total. The predicted molar refractivity (Wildman–Crippen MR) is 75.8 cm³/mol. The lowest BCUT2D eigenvalue weighted by molar-refractivity contribution is -0.384. The molecule has 0 saturated heterocycles. The molecule has 1 aromatic carbocycles. The Labute approximate surface area is 118 Å². The first-order chi connectivity index (χ1) is 9.08. The maximum Gasteiger partial charge on any atom is 0.288 e. The Morgan fingerprint density at radius 3 is 2.79 bits per heavy atom. The highest BCUT2D eigenvalue weighted by molar-refractivity contribution is 7.10. The number of carbonyl (C=O) groups is 1. The van der Waals surface area contributed by atoms with Crippen LogP contribution in [-0.4, -0.2) is 10.7 Å². The maximum absolute atomic E-state index is 11.9. The zero-order chi connectivity index (χ0) is 13.8. The van der Waals surface area contributed by atoms with Gasteiger partial charge in [0.05, 0.1) is 4.92 Å². The van der Waals surface area contributed by atoms with Gasteiger partial charge in [0.2, 0.25) is 0 Å². The van der Waals surface area contributed by atoms with Crippen LogP contribution in [0.4, 0.5) is 5.69 Å². The number of ketones is 1.